The molecular weight excluding hydrogens is 378 g/mol. The number of oxazole rings is 1. The monoisotopic (exact) mass is 397 g/mol. The van der Waals surface area contributed by atoms with Crippen LogP contribution in [0.1, 0.15) is 16.8 Å². The van der Waals surface area contributed by atoms with Crippen LogP contribution in [0.3, 0.4) is 0 Å². The maximum atomic E-state index is 12.6. The van der Waals surface area contributed by atoms with Crippen molar-refractivity contribution in [2.75, 3.05) is 0 Å². The molecule has 0 amide bonds. The molecule has 0 aliphatic rings. The third kappa shape index (κ3) is 3.78. The number of H-pyrrole nitrogens is 1. The molecule has 28 heavy (non-hydrogen) atoms. The number of hydrogen-bond donors (Lipinski definition) is 2. The van der Waals surface area contributed by atoms with E-state index in [1.807, 2.05) is 29.8 Å². The summed E-state index contributed by atoms with van der Waals surface area (Å²) in [6.07, 6.45) is 1.92. The van der Waals surface area contributed by atoms with Crippen LogP contribution < -0.4 is 10.5 Å². The summed E-state index contributed by atoms with van der Waals surface area (Å²) in [6, 6.07) is 16.3. The van der Waals surface area contributed by atoms with Crippen LogP contribution in [0, 0.1) is 6.92 Å². The number of fused-ring (bicyclic) bond motifs is 1. The first-order chi connectivity index (χ1) is 13.4. The van der Waals surface area contributed by atoms with Crippen LogP contribution in [0.15, 0.2) is 74.9 Å². The molecule has 0 aliphatic carbocycles. The minimum atomic E-state index is -3.75. The van der Waals surface area contributed by atoms with Gasteiger partial charge in [0, 0.05) is 24.5 Å². The molecule has 2 aromatic heterocycles. The minimum Gasteiger partial charge on any atom is -0.408 e. The molecular formula is C20H19N3O4S. The Morgan fingerprint density at radius 3 is 2.68 bits per heavy atom. The average molecular weight is 397 g/mol. The summed E-state index contributed by atoms with van der Waals surface area (Å²) < 4.78 is 34.8. The van der Waals surface area contributed by atoms with E-state index in [9.17, 15) is 13.2 Å². The van der Waals surface area contributed by atoms with Gasteiger partial charge < -0.3 is 8.98 Å². The van der Waals surface area contributed by atoms with E-state index in [-0.39, 0.29) is 17.0 Å². The summed E-state index contributed by atoms with van der Waals surface area (Å²) in [7, 11) is -3.75. The van der Waals surface area contributed by atoms with Crippen molar-refractivity contribution in [2.45, 2.75) is 24.9 Å². The van der Waals surface area contributed by atoms with Crippen molar-refractivity contribution in [3.63, 3.8) is 0 Å². The number of nitrogens with zero attached hydrogens (tertiary/aromatic N) is 1. The first-order valence-corrected chi connectivity index (χ1v) is 10.2. The Bertz CT molecular complexity index is 1280. The number of sulfonamides is 1. The molecule has 0 unspecified atom stereocenters. The van der Waals surface area contributed by atoms with Crippen molar-refractivity contribution >= 4 is 21.1 Å². The maximum Gasteiger partial charge on any atom is 0.417 e. The number of hydrogen-bond acceptors (Lipinski definition) is 4. The van der Waals surface area contributed by atoms with Crippen molar-refractivity contribution < 1.29 is 12.8 Å². The molecule has 4 rings (SSSR count). The second-order valence-electron chi connectivity index (χ2n) is 6.61. The lowest BCUT2D eigenvalue weighted by Crippen LogP contribution is -2.24. The Hall–Kier alpha value is -3.10. The highest BCUT2D eigenvalue weighted by molar-refractivity contribution is 7.89. The van der Waals surface area contributed by atoms with Crippen molar-refractivity contribution in [1.29, 1.82) is 0 Å². The third-order valence-corrected chi connectivity index (χ3v) is 5.94. The number of aromatic nitrogens is 2. The fourth-order valence-corrected chi connectivity index (χ4v) is 4.01. The zero-order chi connectivity index (χ0) is 19.7. The Morgan fingerprint density at radius 2 is 1.89 bits per heavy atom. The summed E-state index contributed by atoms with van der Waals surface area (Å²) >= 11 is 0. The van der Waals surface area contributed by atoms with Crippen LogP contribution >= 0.6 is 0 Å². The van der Waals surface area contributed by atoms with Gasteiger partial charge in [-0.1, -0.05) is 29.8 Å². The van der Waals surface area contributed by atoms with Gasteiger partial charge >= 0.3 is 5.76 Å². The fourth-order valence-electron chi connectivity index (χ4n) is 3.00. The first-order valence-electron chi connectivity index (χ1n) is 8.73. The third-order valence-electron chi connectivity index (χ3n) is 4.54. The lowest BCUT2D eigenvalue weighted by atomic mass is 10.1. The molecule has 0 atom stereocenters. The quantitative estimate of drug-likeness (QED) is 0.523. The van der Waals surface area contributed by atoms with E-state index in [0.29, 0.717) is 12.1 Å². The van der Waals surface area contributed by atoms with E-state index in [1.165, 1.54) is 23.8 Å². The highest BCUT2D eigenvalue weighted by atomic mass is 32.2. The van der Waals surface area contributed by atoms with Crippen LogP contribution in [-0.4, -0.2) is 18.0 Å². The normalized spacial score (nSPS) is 11.9. The predicted molar refractivity (Wildman–Crippen MR) is 106 cm³/mol. The lowest BCUT2D eigenvalue weighted by molar-refractivity contribution is 0.553. The Morgan fingerprint density at radius 1 is 1.11 bits per heavy atom. The van der Waals surface area contributed by atoms with Crippen LogP contribution in [-0.2, 0) is 23.1 Å². The van der Waals surface area contributed by atoms with Gasteiger partial charge in [0.05, 0.1) is 17.0 Å². The van der Waals surface area contributed by atoms with Crippen LogP contribution in [0.25, 0.3) is 11.1 Å². The molecule has 7 nitrogen and oxygen atoms in total. The molecule has 2 N–H and O–H groups in total. The average Bonchev–Trinajstić information content (AvgIpc) is 3.26. The molecule has 8 heteroatoms. The molecule has 4 aromatic rings. The van der Waals surface area contributed by atoms with E-state index in [1.54, 1.807) is 0 Å². The van der Waals surface area contributed by atoms with Crippen LogP contribution in [0.5, 0.6) is 0 Å². The van der Waals surface area contributed by atoms with E-state index in [2.05, 4.69) is 34.0 Å². The van der Waals surface area contributed by atoms with Gasteiger partial charge in [-0.15, -0.1) is 0 Å². The maximum absolute atomic E-state index is 12.6. The topological polar surface area (TPSA) is 97.1 Å². The highest BCUT2D eigenvalue weighted by Crippen LogP contribution is 2.17. The van der Waals surface area contributed by atoms with Gasteiger partial charge in [-0.2, -0.15) is 0 Å². The Labute approximate surface area is 161 Å². The zero-order valence-corrected chi connectivity index (χ0v) is 16.0. The molecule has 144 valence electrons. The second-order valence-corrected chi connectivity index (χ2v) is 8.38. The molecule has 0 bridgehead atoms. The van der Waals surface area contributed by atoms with Gasteiger partial charge in [-0.25, -0.2) is 17.9 Å². The molecule has 0 fully saturated rings. The summed E-state index contributed by atoms with van der Waals surface area (Å²) in [5.41, 5.74) is 3.84. The lowest BCUT2D eigenvalue weighted by Gasteiger charge is -2.11. The smallest absolute Gasteiger partial charge is 0.408 e. The fraction of sp³-hybridized carbons (Fsp3) is 0.150. The van der Waals surface area contributed by atoms with Crippen LogP contribution in [0.4, 0.5) is 0 Å². The van der Waals surface area contributed by atoms with Gasteiger partial charge in [0.15, 0.2) is 5.58 Å². The van der Waals surface area contributed by atoms with Gasteiger partial charge in [0.1, 0.15) is 0 Å². The minimum absolute atomic E-state index is 0.0411. The van der Waals surface area contributed by atoms with Crippen molar-refractivity contribution in [3.8, 4) is 0 Å². The number of rotatable bonds is 6. The molecule has 0 saturated heterocycles. The van der Waals surface area contributed by atoms with Gasteiger partial charge in [-0.3, -0.25) is 4.98 Å². The highest BCUT2D eigenvalue weighted by Gasteiger charge is 2.16. The van der Waals surface area contributed by atoms with Crippen molar-refractivity contribution in [1.82, 2.24) is 14.3 Å². The van der Waals surface area contributed by atoms with Gasteiger partial charge in [-0.05, 0) is 36.8 Å². The molecule has 0 spiro atoms. The van der Waals surface area contributed by atoms with Gasteiger partial charge in [0.25, 0.3) is 0 Å². The summed E-state index contributed by atoms with van der Waals surface area (Å²) in [5, 5.41) is 0. The first kappa shape index (κ1) is 18.3. The molecule has 2 heterocycles. The van der Waals surface area contributed by atoms with E-state index in [0.717, 1.165) is 11.3 Å². The van der Waals surface area contributed by atoms with E-state index in [4.69, 9.17) is 4.42 Å². The molecule has 0 saturated carbocycles. The van der Waals surface area contributed by atoms with Crippen LogP contribution in [0.2, 0.25) is 0 Å². The summed E-state index contributed by atoms with van der Waals surface area (Å²) in [4.78, 5) is 13.8. The number of aryl methyl sites for hydroxylation is 1. The number of aromatic amines is 1. The second kappa shape index (κ2) is 7.14. The predicted octanol–water partition coefficient (Wildman–Crippen LogP) is 2.76. The van der Waals surface area contributed by atoms with Crippen molar-refractivity contribution in [2.24, 2.45) is 0 Å². The summed E-state index contributed by atoms with van der Waals surface area (Å²) in [5.74, 6) is -0.619. The Balaban J connectivity index is 1.51. The largest absolute Gasteiger partial charge is 0.417 e. The standard InChI is InChI=1S/C20H19N3O4S/c1-14-4-6-15(7-5-14)13-23-10-2-3-16(23)12-21-28(25,26)17-8-9-18-19(11-17)27-20(24)22-18/h2-11,21H,12-13H2,1H3,(H,22,24). The summed E-state index contributed by atoms with van der Waals surface area (Å²) in [6.45, 7) is 2.84. The van der Waals surface area contributed by atoms with E-state index >= 15 is 0 Å². The zero-order valence-electron chi connectivity index (χ0n) is 15.2. The van der Waals surface area contributed by atoms with E-state index < -0.39 is 15.8 Å². The number of benzene rings is 2. The SMILES string of the molecule is Cc1ccc(Cn2cccc2CNS(=O)(=O)c2ccc3[nH]c(=O)oc3c2)cc1. The Kier molecular flexibility index (Phi) is 4.66. The molecule has 0 aliphatic heterocycles. The molecule has 0 radical (unpaired) electrons. The van der Waals surface area contributed by atoms with Gasteiger partial charge in [0.2, 0.25) is 10.0 Å². The van der Waals surface area contributed by atoms with Crippen molar-refractivity contribution in [3.05, 3.63) is 88.2 Å². The number of nitrogens with one attached hydrogen (secondary N) is 2. The molecule has 2 aromatic carbocycles.